The number of rotatable bonds is 1. The molecule has 1 nitrogen and oxygen atoms in total. The van der Waals surface area contributed by atoms with E-state index in [1.54, 1.807) is 6.07 Å². The predicted octanol–water partition coefficient (Wildman–Crippen LogP) is 2.77. The van der Waals surface area contributed by atoms with E-state index >= 15 is 0 Å². The molecule has 0 aliphatic heterocycles. The molecule has 1 N–H and O–H groups in total. The molecule has 0 saturated carbocycles. The van der Waals surface area contributed by atoms with E-state index in [1.807, 2.05) is 0 Å². The summed E-state index contributed by atoms with van der Waals surface area (Å²) in [5.41, 5.74) is 1.99. The summed E-state index contributed by atoms with van der Waals surface area (Å²) >= 11 is 0. The molecular weight excluding hydrogens is 205 g/mol. The Balaban J connectivity index is 2.31. The zero-order valence-electron chi connectivity index (χ0n) is 8.01. The molecule has 0 spiro atoms. The lowest BCUT2D eigenvalue weighted by Crippen LogP contribution is -2.20. The van der Waals surface area contributed by atoms with E-state index in [4.69, 9.17) is 5.11 Å². The van der Waals surface area contributed by atoms with Crippen LogP contribution < -0.4 is 0 Å². The number of benzene rings is 1. The number of halogens is 3. The maximum absolute atomic E-state index is 12.2. The van der Waals surface area contributed by atoms with E-state index in [2.05, 4.69) is 0 Å². The zero-order chi connectivity index (χ0) is 11.1. The summed E-state index contributed by atoms with van der Waals surface area (Å²) in [6, 6.07) is 4.52. The van der Waals surface area contributed by atoms with Gasteiger partial charge in [0.1, 0.15) is 0 Å². The van der Waals surface area contributed by atoms with Crippen molar-refractivity contribution in [1.29, 1.82) is 0 Å². The van der Waals surface area contributed by atoms with Crippen molar-refractivity contribution in [1.82, 2.24) is 0 Å². The standard InChI is InChI=1S/C11H11F3O/c12-11(13,14)10(15)9-5-4-7-2-1-3-8(7)6-9/h4-6,10,15H,1-3H2/t10-/m1/s1. The van der Waals surface area contributed by atoms with Crippen LogP contribution in [0, 0.1) is 0 Å². The van der Waals surface area contributed by atoms with E-state index in [1.165, 1.54) is 12.1 Å². The molecule has 0 heterocycles. The molecule has 15 heavy (non-hydrogen) atoms. The van der Waals surface area contributed by atoms with Crippen molar-refractivity contribution in [2.75, 3.05) is 0 Å². The first-order chi connectivity index (χ1) is 6.98. The second kappa shape index (κ2) is 3.52. The summed E-state index contributed by atoms with van der Waals surface area (Å²) in [5, 5.41) is 9.06. The number of aryl methyl sites for hydroxylation is 2. The first-order valence-electron chi connectivity index (χ1n) is 4.85. The molecule has 0 aromatic heterocycles. The topological polar surface area (TPSA) is 20.2 Å². The van der Waals surface area contributed by atoms with Crippen LogP contribution in [-0.4, -0.2) is 11.3 Å². The average Bonchev–Trinajstić information content (AvgIpc) is 2.61. The van der Waals surface area contributed by atoms with Gasteiger partial charge in [0, 0.05) is 0 Å². The van der Waals surface area contributed by atoms with Crippen molar-refractivity contribution in [2.45, 2.75) is 31.5 Å². The highest BCUT2D eigenvalue weighted by molar-refractivity contribution is 5.36. The maximum atomic E-state index is 12.2. The molecule has 1 aromatic rings. The van der Waals surface area contributed by atoms with Gasteiger partial charge in [-0.2, -0.15) is 13.2 Å². The molecule has 0 fully saturated rings. The number of aliphatic hydroxyl groups excluding tert-OH is 1. The van der Waals surface area contributed by atoms with Crippen LogP contribution in [0.15, 0.2) is 18.2 Å². The van der Waals surface area contributed by atoms with Crippen molar-refractivity contribution >= 4 is 0 Å². The number of aliphatic hydroxyl groups is 1. The van der Waals surface area contributed by atoms with Gasteiger partial charge in [-0.1, -0.05) is 18.2 Å². The number of hydrogen-bond acceptors (Lipinski definition) is 1. The van der Waals surface area contributed by atoms with Crippen molar-refractivity contribution in [3.05, 3.63) is 34.9 Å². The minimum atomic E-state index is -4.58. The quantitative estimate of drug-likeness (QED) is 0.765. The lowest BCUT2D eigenvalue weighted by atomic mass is 10.0. The molecule has 1 aliphatic carbocycles. The summed E-state index contributed by atoms with van der Waals surface area (Å²) in [6.07, 6.45) is -4.21. The molecular formula is C11H11F3O. The lowest BCUT2D eigenvalue weighted by molar-refractivity contribution is -0.206. The Bertz CT molecular complexity index is 371. The normalized spacial score (nSPS) is 17.6. The summed E-state index contributed by atoms with van der Waals surface area (Å²) in [7, 11) is 0. The third-order valence-corrected chi connectivity index (χ3v) is 2.75. The SMILES string of the molecule is O[C@H](c1ccc2c(c1)CCC2)C(F)(F)F. The summed E-state index contributed by atoms with van der Waals surface area (Å²) in [4.78, 5) is 0. The Morgan fingerprint density at radius 1 is 1.13 bits per heavy atom. The van der Waals surface area contributed by atoms with E-state index in [0.717, 1.165) is 30.4 Å². The van der Waals surface area contributed by atoms with Gasteiger partial charge in [0.05, 0.1) is 0 Å². The van der Waals surface area contributed by atoms with Gasteiger partial charge in [0.25, 0.3) is 0 Å². The monoisotopic (exact) mass is 216 g/mol. The number of fused-ring (bicyclic) bond motifs is 1. The molecule has 0 amide bonds. The van der Waals surface area contributed by atoms with Crippen LogP contribution >= 0.6 is 0 Å². The smallest absolute Gasteiger partial charge is 0.379 e. The van der Waals surface area contributed by atoms with Gasteiger partial charge in [0.2, 0.25) is 0 Å². The highest BCUT2D eigenvalue weighted by Gasteiger charge is 2.39. The van der Waals surface area contributed by atoms with Crippen LogP contribution in [0.5, 0.6) is 0 Å². The van der Waals surface area contributed by atoms with Gasteiger partial charge in [-0.25, -0.2) is 0 Å². The van der Waals surface area contributed by atoms with Gasteiger partial charge >= 0.3 is 6.18 Å². The minimum Gasteiger partial charge on any atom is -0.379 e. The van der Waals surface area contributed by atoms with E-state index in [-0.39, 0.29) is 5.56 Å². The second-order valence-corrected chi connectivity index (χ2v) is 3.83. The van der Waals surface area contributed by atoms with Crippen LogP contribution in [-0.2, 0) is 12.8 Å². The van der Waals surface area contributed by atoms with Crippen LogP contribution in [0.25, 0.3) is 0 Å². The Hall–Kier alpha value is -1.03. The minimum absolute atomic E-state index is 0.0526. The Morgan fingerprint density at radius 2 is 1.80 bits per heavy atom. The van der Waals surface area contributed by atoms with Crippen LogP contribution in [0.4, 0.5) is 13.2 Å². The molecule has 1 aliphatic rings. The van der Waals surface area contributed by atoms with E-state index in [0.29, 0.717) is 0 Å². The molecule has 0 unspecified atom stereocenters. The largest absolute Gasteiger partial charge is 0.418 e. The molecule has 0 bridgehead atoms. The Labute approximate surface area is 85.5 Å². The molecule has 0 saturated heterocycles. The average molecular weight is 216 g/mol. The number of alkyl halides is 3. The van der Waals surface area contributed by atoms with Gasteiger partial charge in [-0.15, -0.1) is 0 Å². The fraction of sp³-hybridized carbons (Fsp3) is 0.455. The highest BCUT2D eigenvalue weighted by atomic mass is 19.4. The summed E-state index contributed by atoms with van der Waals surface area (Å²) in [5.74, 6) is 0. The summed E-state index contributed by atoms with van der Waals surface area (Å²) in [6.45, 7) is 0. The molecule has 0 radical (unpaired) electrons. The third kappa shape index (κ3) is 2.00. The van der Waals surface area contributed by atoms with Crippen molar-refractivity contribution in [3.63, 3.8) is 0 Å². The van der Waals surface area contributed by atoms with Crippen LogP contribution in [0.1, 0.15) is 29.2 Å². The molecule has 4 heteroatoms. The molecule has 2 rings (SSSR count). The van der Waals surface area contributed by atoms with E-state index in [9.17, 15) is 13.2 Å². The third-order valence-electron chi connectivity index (χ3n) is 2.75. The highest BCUT2D eigenvalue weighted by Crippen LogP contribution is 2.34. The fourth-order valence-corrected chi connectivity index (χ4v) is 1.95. The van der Waals surface area contributed by atoms with Crippen molar-refractivity contribution in [2.24, 2.45) is 0 Å². The van der Waals surface area contributed by atoms with Gasteiger partial charge in [-0.3, -0.25) is 0 Å². The van der Waals surface area contributed by atoms with Crippen molar-refractivity contribution < 1.29 is 18.3 Å². The Kier molecular flexibility index (Phi) is 2.46. The first kappa shape index (κ1) is 10.5. The predicted molar refractivity (Wildman–Crippen MR) is 49.5 cm³/mol. The number of hydrogen-bond donors (Lipinski definition) is 1. The van der Waals surface area contributed by atoms with Gasteiger partial charge in [0.15, 0.2) is 6.10 Å². The maximum Gasteiger partial charge on any atom is 0.418 e. The molecule has 82 valence electrons. The van der Waals surface area contributed by atoms with Crippen LogP contribution in [0.2, 0.25) is 0 Å². The second-order valence-electron chi connectivity index (χ2n) is 3.83. The van der Waals surface area contributed by atoms with Gasteiger partial charge in [-0.05, 0) is 36.0 Å². The van der Waals surface area contributed by atoms with Gasteiger partial charge < -0.3 is 5.11 Å². The molecule has 1 atom stereocenters. The van der Waals surface area contributed by atoms with E-state index < -0.39 is 12.3 Å². The molecule has 1 aromatic carbocycles. The van der Waals surface area contributed by atoms with Crippen molar-refractivity contribution in [3.8, 4) is 0 Å². The first-order valence-corrected chi connectivity index (χ1v) is 4.85. The fourth-order valence-electron chi connectivity index (χ4n) is 1.95. The lowest BCUT2D eigenvalue weighted by Gasteiger charge is -2.15. The summed E-state index contributed by atoms with van der Waals surface area (Å²) < 4.78 is 36.7. The Morgan fingerprint density at radius 3 is 2.47 bits per heavy atom. The zero-order valence-corrected chi connectivity index (χ0v) is 8.01. The van der Waals surface area contributed by atoms with Crippen LogP contribution in [0.3, 0.4) is 0 Å².